The number of rotatable bonds is 3. The van der Waals surface area contributed by atoms with Crippen molar-refractivity contribution in [2.24, 2.45) is 5.92 Å². The van der Waals surface area contributed by atoms with Crippen LogP contribution < -0.4 is 0 Å². The lowest BCUT2D eigenvalue weighted by Gasteiger charge is -2.23. The summed E-state index contributed by atoms with van der Waals surface area (Å²) in [5, 5.41) is 1.11. The smallest absolute Gasteiger partial charge is 0.410 e. The maximum absolute atomic E-state index is 11.8. The molecule has 104 valence electrons. The molecule has 2 aromatic rings. The minimum atomic E-state index is -0.237. The van der Waals surface area contributed by atoms with Crippen LogP contribution in [-0.2, 0) is 11.3 Å². The van der Waals surface area contributed by atoms with E-state index < -0.39 is 0 Å². The van der Waals surface area contributed by atoms with Gasteiger partial charge in [-0.25, -0.2) is 4.79 Å². The molecule has 0 radical (unpaired) electrons. The molecule has 1 aromatic carbocycles. The number of amides is 1. The number of hydrogen-bond acceptors (Lipinski definition) is 3. The fourth-order valence-corrected chi connectivity index (χ4v) is 2.57. The number of para-hydroxylation sites is 1. The zero-order valence-corrected chi connectivity index (χ0v) is 11.7. The van der Waals surface area contributed by atoms with Gasteiger partial charge in [0.15, 0.2) is 0 Å². The lowest BCUT2D eigenvalue weighted by molar-refractivity contribution is 0.154. The molecule has 0 N–H and O–H groups in total. The van der Waals surface area contributed by atoms with Crippen molar-refractivity contribution < 1.29 is 9.53 Å². The predicted molar refractivity (Wildman–Crippen MR) is 77.3 cm³/mol. The van der Waals surface area contributed by atoms with Gasteiger partial charge in [-0.05, 0) is 18.1 Å². The Balaban J connectivity index is 1.86. The molecule has 0 spiro atoms. The zero-order valence-electron chi connectivity index (χ0n) is 11.7. The lowest BCUT2D eigenvalue weighted by atomic mass is 10.0. The van der Waals surface area contributed by atoms with Gasteiger partial charge in [0.05, 0.1) is 23.8 Å². The summed E-state index contributed by atoms with van der Waals surface area (Å²) in [7, 11) is 0. The Bertz CT molecular complexity index is 639. The summed E-state index contributed by atoms with van der Waals surface area (Å²) in [5.41, 5.74) is 1.85. The van der Waals surface area contributed by atoms with E-state index in [0.717, 1.165) is 16.6 Å². The van der Waals surface area contributed by atoms with Crippen LogP contribution in [0, 0.1) is 5.92 Å². The van der Waals surface area contributed by atoms with Crippen LogP contribution >= 0.6 is 0 Å². The highest BCUT2D eigenvalue weighted by Gasteiger charge is 2.34. The van der Waals surface area contributed by atoms with Crippen molar-refractivity contribution in [2.75, 3.05) is 6.61 Å². The van der Waals surface area contributed by atoms with Crippen molar-refractivity contribution in [3.05, 3.63) is 42.1 Å². The Morgan fingerprint density at radius 1 is 1.30 bits per heavy atom. The molecule has 1 fully saturated rings. The zero-order chi connectivity index (χ0) is 14.1. The number of nitrogens with zero attached hydrogens (tertiary/aromatic N) is 2. The minimum Gasteiger partial charge on any atom is -0.447 e. The van der Waals surface area contributed by atoms with Crippen LogP contribution in [0.4, 0.5) is 4.79 Å². The molecule has 1 saturated heterocycles. The highest BCUT2D eigenvalue weighted by molar-refractivity contribution is 5.78. The van der Waals surface area contributed by atoms with E-state index in [1.165, 1.54) is 0 Å². The molecule has 0 saturated carbocycles. The minimum absolute atomic E-state index is 0.135. The van der Waals surface area contributed by atoms with Crippen LogP contribution in [0.25, 0.3) is 10.9 Å². The van der Waals surface area contributed by atoms with Crippen LogP contribution in [-0.4, -0.2) is 28.6 Å². The van der Waals surface area contributed by atoms with Crippen molar-refractivity contribution in [3.8, 4) is 0 Å². The molecule has 1 amide bonds. The summed E-state index contributed by atoms with van der Waals surface area (Å²) < 4.78 is 5.16. The average molecular weight is 270 g/mol. The molecule has 4 heteroatoms. The molecule has 0 unspecified atom stereocenters. The number of ether oxygens (including phenoxy) is 1. The summed E-state index contributed by atoms with van der Waals surface area (Å²) in [5.74, 6) is 0.377. The van der Waals surface area contributed by atoms with E-state index in [1.54, 1.807) is 4.90 Å². The SMILES string of the molecule is CC(C)[C@H]1COC(=O)N1Cc1ccc2ccccc2n1. The molecule has 3 rings (SSSR count). The average Bonchev–Trinajstić information content (AvgIpc) is 2.80. The first kappa shape index (κ1) is 12.9. The van der Waals surface area contributed by atoms with Crippen LogP contribution in [0.2, 0.25) is 0 Å². The summed E-state index contributed by atoms with van der Waals surface area (Å²) in [6, 6.07) is 12.1. The van der Waals surface area contributed by atoms with Crippen LogP contribution in [0.15, 0.2) is 36.4 Å². The molecule has 2 heterocycles. The highest BCUT2D eigenvalue weighted by atomic mass is 16.6. The van der Waals surface area contributed by atoms with Gasteiger partial charge in [-0.3, -0.25) is 9.88 Å². The van der Waals surface area contributed by atoms with E-state index in [9.17, 15) is 4.79 Å². The fourth-order valence-electron chi connectivity index (χ4n) is 2.57. The fraction of sp³-hybridized carbons (Fsp3) is 0.375. The van der Waals surface area contributed by atoms with Gasteiger partial charge < -0.3 is 4.74 Å². The van der Waals surface area contributed by atoms with Crippen molar-refractivity contribution in [3.63, 3.8) is 0 Å². The van der Waals surface area contributed by atoms with Gasteiger partial charge in [0.2, 0.25) is 0 Å². The normalized spacial score (nSPS) is 18.9. The van der Waals surface area contributed by atoms with Gasteiger partial charge in [0.25, 0.3) is 0 Å². The molecule has 20 heavy (non-hydrogen) atoms. The van der Waals surface area contributed by atoms with E-state index >= 15 is 0 Å². The van der Waals surface area contributed by atoms with Gasteiger partial charge in [-0.1, -0.05) is 38.1 Å². The third-order valence-corrected chi connectivity index (χ3v) is 3.77. The van der Waals surface area contributed by atoms with E-state index in [1.807, 2.05) is 36.4 Å². The topological polar surface area (TPSA) is 42.4 Å². The Kier molecular flexibility index (Phi) is 3.30. The largest absolute Gasteiger partial charge is 0.447 e. The number of cyclic esters (lactones) is 1. The molecule has 1 atom stereocenters. The number of fused-ring (bicyclic) bond motifs is 1. The van der Waals surface area contributed by atoms with E-state index in [2.05, 4.69) is 18.8 Å². The number of pyridine rings is 1. The monoisotopic (exact) mass is 270 g/mol. The molecule has 4 nitrogen and oxygen atoms in total. The third kappa shape index (κ3) is 2.33. The second kappa shape index (κ2) is 5.12. The molecule has 1 aliphatic heterocycles. The third-order valence-electron chi connectivity index (χ3n) is 3.77. The van der Waals surface area contributed by atoms with Gasteiger partial charge >= 0.3 is 6.09 Å². The Morgan fingerprint density at radius 2 is 2.10 bits per heavy atom. The Labute approximate surface area is 118 Å². The first-order chi connectivity index (χ1) is 9.65. The summed E-state index contributed by atoms with van der Waals surface area (Å²) in [6.45, 7) is 5.19. The van der Waals surface area contributed by atoms with Gasteiger partial charge in [-0.15, -0.1) is 0 Å². The van der Waals surface area contributed by atoms with Crippen molar-refractivity contribution >= 4 is 17.0 Å². The standard InChI is InChI=1S/C16H18N2O2/c1-11(2)15-10-20-16(19)18(15)9-13-8-7-12-5-3-4-6-14(12)17-13/h3-8,11,15H,9-10H2,1-2H3/t15-/m1/s1. The molecule has 0 aliphatic carbocycles. The van der Waals surface area contributed by atoms with Crippen LogP contribution in [0.3, 0.4) is 0 Å². The first-order valence-corrected chi connectivity index (χ1v) is 6.93. The van der Waals surface area contributed by atoms with E-state index in [4.69, 9.17) is 4.74 Å². The van der Waals surface area contributed by atoms with Crippen LogP contribution in [0.5, 0.6) is 0 Å². The Morgan fingerprint density at radius 3 is 2.90 bits per heavy atom. The first-order valence-electron chi connectivity index (χ1n) is 6.93. The summed E-state index contributed by atoms with van der Waals surface area (Å²) in [6.07, 6.45) is -0.237. The molecule has 1 aromatic heterocycles. The second-order valence-electron chi connectivity index (χ2n) is 5.51. The molecule has 0 bridgehead atoms. The van der Waals surface area contributed by atoms with Crippen molar-refractivity contribution in [2.45, 2.75) is 26.4 Å². The van der Waals surface area contributed by atoms with Crippen molar-refractivity contribution in [1.82, 2.24) is 9.88 Å². The number of benzene rings is 1. The van der Waals surface area contributed by atoms with Crippen LogP contribution in [0.1, 0.15) is 19.5 Å². The second-order valence-corrected chi connectivity index (χ2v) is 5.51. The highest BCUT2D eigenvalue weighted by Crippen LogP contribution is 2.22. The van der Waals surface area contributed by atoms with Gasteiger partial charge in [0, 0.05) is 5.39 Å². The summed E-state index contributed by atoms with van der Waals surface area (Å²) >= 11 is 0. The van der Waals surface area contributed by atoms with Gasteiger partial charge in [0.1, 0.15) is 6.61 Å². The van der Waals surface area contributed by atoms with E-state index in [-0.39, 0.29) is 12.1 Å². The number of hydrogen-bond donors (Lipinski definition) is 0. The number of carbonyl (C=O) groups is 1. The maximum atomic E-state index is 11.8. The van der Waals surface area contributed by atoms with Crippen molar-refractivity contribution in [1.29, 1.82) is 0 Å². The predicted octanol–water partition coefficient (Wildman–Crippen LogP) is 3.21. The van der Waals surface area contributed by atoms with E-state index in [0.29, 0.717) is 19.1 Å². The molecular formula is C16H18N2O2. The number of carbonyl (C=O) groups excluding carboxylic acids is 1. The van der Waals surface area contributed by atoms with Gasteiger partial charge in [-0.2, -0.15) is 0 Å². The molecule has 1 aliphatic rings. The maximum Gasteiger partial charge on any atom is 0.410 e. The Hall–Kier alpha value is -2.10. The lowest BCUT2D eigenvalue weighted by Crippen LogP contribution is -2.36. The molecular weight excluding hydrogens is 252 g/mol. The quantitative estimate of drug-likeness (QED) is 0.860. The number of aromatic nitrogens is 1. The summed E-state index contributed by atoms with van der Waals surface area (Å²) in [4.78, 5) is 18.2.